The summed E-state index contributed by atoms with van der Waals surface area (Å²) in [6, 6.07) is 94.7. The normalized spacial score (nSPS) is 13.5. The molecule has 0 spiro atoms. The molecule has 0 fully saturated rings. The first-order valence-electron chi connectivity index (χ1n) is 25.4. The maximum absolute atomic E-state index is 2.45. The smallest absolute Gasteiger partial charge is 0.0159 e. The van der Waals surface area contributed by atoms with Crippen LogP contribution in [0.15, 0.2) is 255 Å². The van der Waals surface area contributed by atoms with Crippen molar-refractivity contribution < 1.29 is 0 Å². The molecule has 2 aliphatic carbocycles. The van der Waals surface area contributed by atoms with E-state index in [9.17, 15) is 0 Å². The van der Waals surface area contributed by atoms with Crippen LogP contribution >= 0.6 is 0 Å². The van der Waals surface area contributed by atoms with Gasteiger partial charge >= 0.3 is 0 Å². The third-order valence-electron chi connectivity index (χ3n) is 15.9. The van der Waals surface area contributed by atoms with Crippen LogP contribution in [0.3, 0.4) is 0 Å². The molecule has 0 unspecified atom stereocenters. The van der Waals surface area contributed by atoms with Crippen molar-refractivity contribution in [1.82, 2.24) is 0 Å². The molecule has 0 radical (unpaired) electrons. The van der Waals surface area contributed by atoms with Gasteiger partial charge in [0.1, 0.15) is 0 Å². The van der Waals surface area contributed by atoms with E-state index in [2.05, 4.69) is 282 Å². The van der Waals surface area contributed by atoms with Gasteiger partial charge in [0.05, 0.1) is 0 Å². The lowest BCUT2D eigenvalue weighted by Crippen LogP contribution is -2.15. The first-order valence-corrected chi connectivity index (χ1v) is 25.4. The SMILES string of the molecule is CC1(C)c2cc(-c3ccc(-c4ccc5c(c4)C(C)(C)c4cc(-c6cc(-c7ccccc7)cc(-c7ccccc7)c6)ccc4-5)cc3)ccc2-c2ccc(-c3cc(-c4ccccc4)cc(-c4ccccc4)c3)cc21. The highest BCUT2D eigenvalue weighted by atomic mass is 14.4. The Hall–Kier alpha value is -8.58. The molecule has 0 aliphatic heterocycles. The number of rotatable bonds is 8. The molecular weight excluding hydrogens is 865 g/mol. The third kappa shape index (κ3) is 7.46. The van der Waals surface area contributed by atoms with Gasteiger partial charge in [0.15, 0.2) is 0 Å². The van der Waals surface area contributed by atoms with Crippen molar-refractivity contribution >= 4 is 0 Å². The van der Waals surface area contributed by atoms with Crippen molar-refractivity contribution in [2.45, 2.75) is 38.5 Å². The first kappa shape index (κ1) is 43.4. The standard InChI is InChI=1S/C72H54/c1-71(2)67-43-53(29-33-63(67)65-35-31-55(45-69(65)71)61-39-57(47-17-9-5-10-18-47)37-58(40-61)48-19-11-6-12-20-48)51-25-27-52(28-26-51)54-30-34-64-66-36-32-56(46-70(66)72(3,4)68(64)44-54)62-41-59(49-21-13-7-14-22-49)38-60(42-62)50-23-15-8-16-24-50/h5-46H,1-4H3. The molecule has 0 aromatic heterocycles. The van der Waals surface area contributed by atoms with E-state index >= 15 is 0 Å². The Morgan fingerprint density at radius 2 is 0.347 bits per heavy atom. The van der Waals surface area contributed by atoms with E-state index in [1.165, 1.54) is 134 Å². The lowest BCUT2D eigenvalue weighted by Gasteiger charge is -2.23. The van der Waals surface area contributed by atoms with E-state index in [-0.39, 0.29) is 10.8 Å². The van der Waals surface area contributed by atoms with Crippen molar-refractivity contribution in [3.05, 3.63) is 277 Å². The lowest BCUT2D eigenvalue weighted by atomic mass is 9.80. The van der Waals surface area contributed by atoms with E-state index in [4.69, 9.17) is 0 Å². The summed E-state index contributed by atoms with van der Waals surface area (Å²) in [7, 11) is 0. The molecule has 0 atom stereocenters. The highest BCUT2D eigenvalue weighted by molar-refractivity contribution is 5.90. The summed E-state index contributed by atoms with van der Waals surface area (Å²) in [6.07, 6.45) is 0. The predicted octanol–water partition coefficient (Wildman–Crippen LogP) is 19.6. The third-order valence-corrected chi connectivity index (χ3v) is 15.9. The van der Waals surface area contributed by atoms with Crippen LogP contribution in [0.4, 0.5) is 0 Å². The average molecular weight is 919 g/mol. The van der Waals surface area contributed by atoms with Crippen LogP contribution in [-0.2, 0) is 10.8 Å². The van der Waals surface area contributed by atoms with Gasteiger partial charge in [-0.1, -0.05) is 222 Å². The van der Waals surface area contributed by atoms with Gasteiger partial charge in [0, 0.05) is 10.8 Å². The van der Waals surface area contributed by atoms with Crippen molar-refractivity contribution in [2.24, 2.45) is 0 Å². The van der Waals surface area contributed by atoms with Gasteiger partial charge in [-0.3, -0.25) is 0 Å². The van der Waals surface area contributed by atoms with Crippen molar-refractivity contribution in [3.8, 4) is 111 Å². The van der Waals surface area contributed by atoms with Crippen molar-refractivity contribution in [2.75, 3.05) is 0 Å². The van der Waals surface area contributed by atoms with Crippen LogP contribution < -0.4 is 0 Å². The van der Waals surface area contributed by atoms with E-state index in [0.29, 0.717) is 0 Å². The predicted molar refractivity (Wildman–Crippen MR) is 305 cm³/mol. The van der Waals surface area contributed by atoms with E-state index in [0.717, 1.165) is 0 Å². The molecule has 0 bridgehead atoms. The lowest BCUT2D eigenvalue weighted by molar-refractivity contribution is 0.660. The van der Waals surface area contributed by atoms with Gasteiger partial charge in [0.2, 0.25) is 0 Å². The zero-order valence-corrected chi connectivity index (χ0v) is 41.2. The second-order valence-electron chi connectivity index (χ2n) is 20.9. The second kappa shape index (κ2) is 17.1. The van der Waals surface area contributed by atoms with Gasteiger partial charge < -0.3 is 0 Å². The summed E-state index contributed by atoms with van der Waals surface area (Å²) in [5.74, 6) is 0. The van der Waals surface area contributed by atoms with Gasteiger partial charge in [0.25, 0.3) is 0 Å². The highest BCUT2D eigenvalue weighted by Crippen LogP contribution is 2.53. The minimum atomic E-state index is -0.164. The summed E-state index contributed by atoms with van der Waals surface area (Å²) in [5.41, 5.74) is 30.2. The van der Waals surface area contributed by atoms with Gasteiger partial charge in [-0.15, -0.1) is 0 Å². The molecule has 0 saturated heterocycles. The monoisotopic (exact) mass is 918 g/mol. The molecule has 72 heavy (non-hydrogen) atoms. The first-order chi connectivity index (χ1) is 35.2. The minimum Gasteiger partial charge on any atom is -0.0622 e. The Bertz CT molecular complexity index is 3480. The summed E-state index contributed by atoms with van der Waals surface area (Å²) in [5, 5.41) is 0. The molecule has 2 aliphatic rings. The molecule has 0 amide bonds. The minimum absolute atomic E-state index is 0.164. The molecule has 0 heterocycles. The van der Waals surface area contributed by atoms with E-state index < -0.39 is 0 Å². The summed E-state index contributed by atoms with van der Waals surface area (Å²) in [6.45, 7) is 9.57. The van der Waals surface area contributed by atoms with Crippen molar-refractivity contribution in [3.63, 3.8) is 0 Å². The molecule has 0 N–H and O–H groups in total. The topological polar surface area (TPSA) is 0 Å². The van der Waals surface area contributed by atoms with Gasteiger partial charge in [-0.05, 0) is 194 Å². The van der Waals surface area contributed by atoms with Crippen LogP contribution in [-0.4, -0.2) is 0 Å². The fraction of sp³-hybridized carbons (Fsp3) is 0.0833. The number of hydrogen-bond acceptors (Lipinski definition) is 0. The fourth-order valence-electron chi connectivity index (χ4n) is 11.8. The van der Waals surface area contributed by atoms with E-state index in [1.807, 2.05) is 0 Å². The number of fused-ring (bicyclic) bond motifs is 6. The quantitative estimate of drug-likeness (QED) is 0.142. The molecular formula is C72H54. The second-order valence-corrected chi connectivity index (χ2v) is 20.9. The van der Waals surface area contributed by atoms with E-state index in [1.54, 1.807) is 0 Å². The zero-order valence-electron chi connectivity index (χ0n) is 41.2. The van der Waals surface area contributed by atoms with Crippen LogP contribution in [0.1, 0.15) is 49.9 Å². The highest BCUT2D eigenvalue weighted by Gasteiger charge is 2.37. The maximum atomic E-state index is 2.45. The number of hydrogen-bond donors (Lipinski definition) is 0. The van der Waals surface area contributed by atoms with Gasteiger partial charge in [-0.25, -0.2) is 0 Å². The Kier molecular flexibility index (Phi) is 10.3. The average Bonchev–Trinajstić information content (AvgIpc) is 3.81. The Labute approximate surface area is 424 Å². The van der Waals surface area contributed by atoms with Crippen LogP contribution in [0, 0.1) is 0 Å². The molecule has 0 heteroatoms. The maximum Gasteiger partial charge on any atom is 0.0159 e. The van der Waals surface area contributed by atoms with Crippen LogP contribution in [0.2, 0.25) is 0 Å². The Balaban J connectivity index is 0.782. The van der Waals surface area contributed by atoms with Crippen LogP contribution in [0.5, 0.6) is 0 Å². The zero-order chi connectivity index (χ0) is 48.6. The molecule has 11 aromatic rings. The molecule has 0 nitrogen and oxygen atoms in total. The largest absolute Gasteiger partial charge is 0.0622 e. The summed E-state index contributed by atoms with van der Waals surface area (Å²) in [4.78, 5) is 0. The molecule has 11 aromatic carbocycles. The van der Waals surface area contributed by atoms with Gasteiger partial charge in [-0.2, -0.15) is 0 Å². The van der Waals surface area contributed by atoms with Crippen LogP contribution in [0.25, 0.3) is 111 Å². The Morgan fingerprint density at radius 1 is 0.167 bits per heavy atom. The summed E-state index contributed by atoms with van der Waals surface area (Å²) < 4.78 is 0. The summed E-state index contributed by atoms with van der Waals surface area (Å²) >= 11 is 0. The molecule has 0 saturated carbocycles. The number of benzene rings is 11. The van der Waals surface area contributed by atoms with Crippen molar-refractivity contribution in [1.29, 1.82) is 0 Å². The fourth-order valence-corrected chi connectivity index (χ4v) is 11.8. The Morgan fingerprint density at radius 3 is 0.583 bits per heavy atom. The molecule has 342 valence electrons. The molecule has 13 rings (SSSR count).